The van der Waals surface area contributed by atoms with E-state index in [1.165, 1.54) is 61.8 Å². The summed E-state index contributed by atoms with van der Waals surface area (Å²) >= 11 is 0. The Kier molecular flexibility index (Phi) is 40.5. The van der Waals surface area contributed by atoms with E-state index in [2.05, 4.69) is 147 Å². The molecule has 2 rings (SSSR count). The van der Waals surface area contributed by atoms with Crippen molar-refractivity contribution in [2.45, 2.75) is 280 Å². The summed E-state index contributed by atoms with van der Waals surface area (Å²) in [5.74, 6) is -0.810. The van der Waals surface area contributed by atoms with Crippen LogP contribution in [0.4, 0.5) is 0 Å². The summed E-state index contributed by atoms with van der Waals surface area (Å²) in [5.41, 5.74) is 15.1. The first kappa shape index (κ1) is 81.6. The number of rotatable bonds is 42. The van der Waals surface area contributed by atoms with Crippen LogP contribution in [0.1, 0.15) is 218 Å². The molecule has 0 saturated carbocycles. The monoisotopic (exact) mass is 1290 g/mol. The summed E-state index contributed by atoms with van der Waals surface area (Å²) in [4.78, 5) is 32.9. The third kappa shape index (κ3) is 35.9. The number of carbonyl (C=O) groups excluding carboxylic acids is 1. The predicted molar refractivity (Wildman–Crippen MR) is 355 cm³/mol. The van der Waals surface area contributed by atoms with Gasteiger partial charge in [-0.05, 0) is 212 Å². The molecule has 2 fully saturated rings. The zero-order valence-corrected chi connectivity index (χ0v) is 57.8. The van der Waals surface area contributed by atoms with Crippen molar-refractivity contribution in [2.75, 3.05) is 19.8 Å². The number of phosphoric ester groups is 2. The average Bonchev–Trinajstić information content (AvgIpc) is 0.975. The second kappa shape index (κ2) is 44.2. The van der Waals surface area contributed by atoms with Crippen LogP contribution in [0, 0.1) is 0 Å². The van der Waals surface area contributed by atoms with E-state index < -0.39 is 103 Å². The van der Waals surface area contributed by atoms with Crippen LogP contribution in [0.15, 0.2) is 128 Å². The number of carbonyl (C=O) groups is 1. The predicted octanol–water partition coefficient (Wildman–Crippen LogP) is 14.2. The molecule has 12 atom stereocenters. The first-order chi connectivity index (χ1) is 42.0. The van der Waals surface area contributed by atoms with Gasteiger partial charge in [-0.25, -0.2) is 9.13 Å². The van der Waals surface area contributed by atoms with Gasteiger partial charge in [-0.2, -0.15) is 4.31 Å². The molecule has 2 aliphatic rings. The third-order valence-electron chi connectivity index (χ3n) is 15.9. The number of ether oxygens (including phenoxy) is 3. The van der Waals surface area contributed by atoms with E-state index in [1.54, 1.807) is 6.92 Å². The van der Waals surface area contributed by atoms with Crippen molar-refractivity contribution in [1.29, 1.82) is 0 Å². The van der Waals surface area contributed by atoms with Crippen LogP contribution in [0.3, 0.4) is 0 Å². The molecule has 18 nitrogen and oxygen atoms in total. The smallest absolute Gasteiger partial charge is 0.394 e. The van der Waals surface area contributed by atoms with Gasteiger partial charge in [0.25, 0.3) is 0 Å². The fraction of sp³-hybridized carbons (Fsp3) is 0.667. The van der Waals surface area contributed by atoms with Crippen molar-refractivity contribution in [3.63, 3.8) is 0 Å². The average molecular weight is 1290 g/mol. The number of amides is 1. The minimum Gasteiger partial charge on any atom is -0.394 e. The summed E-state index contributed by atoms with van der Waals surface area (Å²) < 4.78 is 56.6. The van der Waals surface area contributed by atoms with Crippen molar-refractivity contribution in [3.05, 3.63) is 128 Å². The van der Waals surface area contributed by atoms with Gasteiger partial charge in [0.05, 0.1) is 19.8 Å². The number of phosphoric acid groups is 2. The molecule has 0 aromatic carbocycles. The highest BCUT2D eigenvalue weighted by Crippen LogP contribution is 2.61. The van der Waals surface area contributed by atoms with E-state index in [-0.39, 0.29) is 0 Å². The van der Waals surface area contributed by atoms with Crippen LogP contribution in [-0.2, 0) is 41.5 Å². The number of hydrogen-bond acceptors (Lipinski definition) is 15. The first-order valence-corrected chi connectivity index (χ1v) is 35.0. The van der Waals surface area contributed by atoms with Gasteiger partial charge in [-0.15, -0.1) is 0 Å². The Balaban J connectivity index is 1.68. The van der Waals surface area contributed by atoms with Crippen LogP contribution in [-0.4, -0.2) is 128 Å². The Morgan fingerprint density at radius 3 is 1.04 bits per heavy atom. The van der Waals surface area contributed by atoms with Crippen LogP contribution >= 0.6 is 15.6 Å². The van der Waals surface area contributed by atoms with Crippen molar-refractivity contribution >= 4 is 21.6 Å². The largest absolute Gasteiger partial charge is 0.483 e. The highest BCUT2D eigenvalue weighted by Gasteiger charge is 2.53. The Hall–Kier alpha value is -3.49. The van der Waals surface area contributed by atoms with Crippen molar-refractivity contribution in [2.24, 2.45) is 0 Å². The Morgan fingerprint density at radius 2 is 0.730 bits per heavy atom. The molecule has 9 N–H and O–H groups in total. The molecular weight excluding hydrogens is 1180 g/mol. The highest BCUT2D eigenvalue weighted by molar-refractivity contribution is 7.61. The minimum atomic E-state index is -5.60. The molecule has 89 heavy (non-hydrogen) atoms. The zero-order valence-electron chi connectivity index (χ0n) is 56.0. The fourth-order valence-corrected chi connectivity index (χ4v) is 12.2. The number of hydrogen-bond donors (Lipinski definition) is 9. The molecule has 2 heterocycles. The molecule has 2 unspecified atom stereocenters. The third-order valence-corrected chi connectivity index (χ3v) is 18.5. The van der Waals surface area contributed by atoms with Gasteiger partial charge in [0.15, 0.2) is 12.6 Å². The molecule has 0 aliphatic carbocycles. The number of aliphatic hydroxyl groups is 6. The molecule has 508 valence electrons. The lowest BCUT2D eigenvalue weighted by atomic mass is 9.95. The lowest BCUT2D eigenvalue weighted by Gasteiger charge is -2.47. The maximum Gasteiger partial charge on any atom is 0.483 e. The topological polar surface area (TPSA) is 280 Å². The van der Waals surface area contributed by atoms with E-state index in [9.17, 15) is 54.4 Å². The van der Waals surface area contributed by atoms with Crippen molar-refractivity contribution in [3.8, 4) is 0 Å². The van der Waals surface area contributed by atoms with Gasteiger partial charge >= 0.3 is 15.6 Å². The second-order valence-electron chi connectivity index (χ2n) is 24.8. The maximum absolute atomic E-state index is 13.0. The van der Waals surface area contributed by atoms with Gasteiger partial charge in [-0.1, -0.05) is 128 Å². The normalized spacial score (nSPS) is 25.7. The summed E-state index contributed by atoms with van der Waals surface area (Å²) in [5, 5.41) is 63.8. The van der Waals surface area contributed by atoms with E-state index in [4.69, 9.17) is 23.3 Å². The van der Waals surface area contributed by atoms with Crippen LogP contribution in [0.2, 0.25) is 0 Å². The van der Waals surface area contributed by atoms with Crippen molar-refractivity contribution < 1.29 is 81.9 Å². The number of aliphatic hydroxyl groups excluding tert-OH is 6. The molecule has 1 amide bonds. The van der Waals surface area contributed by atoms with Gasteiger partial charge in [0, 0.05) is 6.92 Å². The van der Waals surface area contributed by atoms with Crippen LogP contribution < -0.4 is 5.32 Å². The molecule has 20 heteroatoms. The number of nitrogens with one attached hydrogen (secondary N) is 1. The Morgan fingerprint density at radius 1 is 0.416 bits per heavy atom. The van der Waals surface area contributed by atoms with Gasteiger partial charge in [-0.3, -0.25) is 13.8 Å². The summed E-state index contributed by atoms with van der Waals surface area (Å²) in [7, 11) is -10.9. The summed E-state index contributed by atoms with van der Waals surface area (Å²) in [6, 6.07) is -1.77. The molecule has 0 bridgehead atoms. The zero-order chi connectivity index (χ0) is 66.7. The lowest BCUT2D eigenvalue weighted by Crippen LogP contribution is -2.67. The lowest BCUT2D eigenvalue weighted by molar-refractivity contribution is -0.344. The van der Waals surface area contributed by atoms with E-state index in [0.29, 0.717) is 12.8 Å². The minimum absolute atomic E-state index is 0.471. The second-order valence-corrected chi connectivity index (χ2v) is 27.8. The summed E-state index contributed by atoms with van der Waals surface area (Å²) in [6.07, 6.45) is 29.9. The molecule has 2 aliphatic heterocycles. The molecule has 0 aromatic rings. The molecule has 2 saturated heterocycles. The molecule has 0 spiro atoms. The van der Waals surface area contributed by atoms with Crippen LogP contribution in [0.25, 0.3) is 0 Å². The number of allylic oxidation sites excluding steroid dienone is 21. The van der Waals surface area contributed by atoms with Crippen molar-refractivity contribution in [1.82, 2.24) is 5.32 Å². The quantitative estimate of drug-likeness (QED) is 0.0203. The van der Waals surface area contributed by atoms with Gasteiger partial charge in [0.1, 0.15) is 48.8 Å². The molecule has 0 radical (unpaired) electrons. The fourth-order valence-electron chi connectivity index (χ4n) is 10.2. The maximum atomic E-state index is 13.0. The van der Waals surface area contributed by atoms with E-state index in [0.717, 1.165) is 128 Å². The van der Waals surface area contributed by atoms with Crippen LogP contribution in [0.5, 0.6) is 0 Å². The van der Waals surface area contributed by atoms with Gasteiger partial charge < -0.3 is 60.0 Å². The SMILES string of the molecule is CC(=O)N[C@H]1[C@@H](OP(=O)(O)OP(=O)(O)OC/C=C(/C)CC/C=C(/C)CC/C=C(/C)CC/C=C(/C)CC/C=C(/C)CC/C=C(/C)CC/C=C(/C)CC/C=C(/C)CC/C=C(\C)CC/C=C(\C)CCC=C(C)C)O[C@H](CO)[C@@H](O[C@@H]2O[C@H](CO)[C@@H](O)[C@H](O)[C@H]2O)[C@@H]1O. The Bertz CT molecular complexity index is 2590. The molecular formula is C69H115NO17P2. The van der Waals surface area contributed by atoms with E-state index in [1.807, 2.05) is 0 Å². The first-order valence-electron chi connectivity index (χ1n) is 32.0. The summed E-state index contributed by atoms with van der Waals surface area (Å²) in [6.45, 7) is 25.0. The highest BCUT2D eigenvalue weighted by atomic mass is 31.3. The van der Waals surface area contributed by atoms with Gasteiger partial charge in [0.2, 0.25) is 5.91 Å². The molecule has 0 aromatic heterocycles. The standard InChI is InChI=1S/C69H115NO17P2/c1-48(2)24-14-25-49(3)26-15-27-50(4)28-16-29-51(5)30-17-31-52(6)32-18-33-53(7)34-19-35-54(8)36-20-37-55(9)38-21-39-56(10)40-22-41-57(11)42-23-43-58(12)44-45-82-88(78,79)87-89(80,81)86-68-62(70-59(13)73)64(75)67(61(47-72)84-68)85-69-66(77)65(76)63(74)60(46-71)83-69/h24,26,28,30,32,34,36,38,40,42,44,60-69,71-72,74-77H,14-23,25,27,29,31,33,35,37,39,41,43,45-47H2,1-13H3,(H,70,73)(H,78,79)(H,80,81)/b49-26+,50-28+,51-30-,52-32-,53-34-,54-36-,55-38-,56-40-,57-42-,58-44-/t60-,61-,62-,63-,64-,65+,66-,67-,68-,69+/m1/s1. The Labute approximate surface area is 534 Å². The van der Waals surface area contributed by atoms with E-state index >= 15 is 0 Å².